The highest BCUT2D eigenvalue weighted by molar-refractivity contribution is 6.31. The first kappa shape index (κ1) is 21.2. The van der Waals surface area contributed by atoms with Crippen LogP contribution < -0.4 is 15.1 Å². The quantitative estimate of drug-likeness (QED) is 0.574. The SMILES string of the molecule is Cc1ccc(NC(=O)[C@H](c2ccccc2)[NH+]2CCN(c3ccccc3O)CC2)cc1Cl. The van der Waals surface area contributed by atoms with Crippen LogP contribution in [0.4, 0.5) is 11.4 Å². The van der Waals surface area contributed by atoms with E-state index >= 15 is 0 Å². The molecule has 4 rings (SSSR count). The van der Waals surface area contributed by atoms with Crippen molar-refractivity contribution < 1.29 is 14.8 Å². The van der Waals surface area contributed by atoms with Gasteiger partial charge in [0.1, 0.15) is 5.75 Å². The second-order valence-electron chi connectivity index (χ2n) is 7.93. The number of anilines is 2. The van der Waals surface area contributed by atoms with E-state index in [9.17, 15) is 9.90 Å². The van der Waals surface area contributed by atoms with Gasteiger partial charge in [0.25, 0.3) is 5.91 Å². The van der Waals surface area contributed by atoms with Crippen LogP contribution in [0.25, 0.3) is 0 Å². The van der Waals surface area contributed by atoms with Gasteiger partial charge in [0.2, 0.25) is 0 Å². The highest BCUT2D eigenvalue weighted by Crippen LogP contribution is 2.26. The van der Waals surface area contributed by atoms with Crippen molar-refractivity contribution >= 4 is 28.9 Å². The fourth-order valence-corrected chi connectivity index (χ4v) is 4.34. The Bertz CT molecular complexity index is 1050. The van der Waals surface area contributed by atoms with Crippen LogP contribution in [0, 0.1) is 6.92 Å². The van der Waals surface area contributed by atoms with Gasteiger partial charge >= 0.3 is 0 Å². The first-order chi connectivity index (χ1) is 15.0. The van der Waals surface area contributed by atoms with E-state index in [4.69, 9.17) is 11.6 Å². The Morgan fingerprint density at radius 3 is 2.39 bits per heavy atom. The van der Waals surface area contributed by atoms with E-state index in [1.54, 1.807) is 12.1 Å². The summed E-state index contributed by atoms with van der Waals surface area (Å²) in [4.78, 5) is 16.8. The number of rotatable bonds is 5. The number of quaternary nitrogens is 1. The number of benzene rings is 3. The van der Waals surface area contributed by atoms with Gasteiger partial charge in [0.05, 0.1) is 31.9 Å². The summed E-state index contributed by atoms with van der Waals surface area (Å²) < 4.78 is 0. The van der Waals surface area contributed by atoms with Crippen LogP contribution in [0.15, 0.2) is 72.8 Å². The van der Waals surface area contributed by atoms with Crippen molar-refractivity contribution in [1.82, 2.24) is 0 Å². The van der Waals surface area contributed by atoms with Crippen molar-refractivity contribution in [3.05, 3.63) is 88.9 Å². The number of carbonyl (C=O) groups is 1. The van der Waals surface area contributed by atoms with Crippen LogP contribution in [0.2, 0.25) is 5.02 Å². The predicted octanol–water partition coefficient (Wildman–Crippen LogP) is 3.44. The number of phenols is 1. The minimum Gasteiger partial charge on any atom is -0.506 e. The molecule has 0 bridgehead atoms. The molecule has 6 heteroatoms. The fourth-order valence-electron chi connectivity index (χ4n) is 4.16. The maximum absolute atomic E-state index is 13.4. The van der Waals surface area contributed by atoms with Gasteiger partial charge in [-0.05, 0) is 36.8 Å². The summed E-state index contributed by atoms with van der Waals surface area (Å²) in [6.45, 7) is 5.04. The number of halogens is 1. The molecule has 0 unspecified atom stereocenters. The lowest BCUT2D eigenvalue weighted by atomic mass is 10.0. The Morgan fingerprint density at radius 1 is 1.03 bits per heavy atom. The molecule has 0 radical (unpaired) electrons. The molecule has 0 spiro atoms. The molecule has 1 fully saturated rings. The Kier molecular flexibility index (Phi) is 6.44. The third kappa shape index (κ3) is 4.84. The van der Waals surface area contributed by atoms with Gasteiger partial charge in [-0.3, -0.25) is 4.79 Å². The molecule has 1 heterocycles. The number of nitrogens with one attached hydrogen (secondary N) is 2. The van der Waals surface area contributed by atoms with Gasteiger partial charge in [0, 0.05) is 16.3 Å². The van der Waals surface area contributed by atoms with Gasteiger partial charge < -0.3 is 20.2 Å². The Morgan fingerprint density at radius 2 is 1.71 bits per heavy atom. The summed E-state index contributed by atoms with van der Waals surface area (Å²) in [5.41, 5.74) is 3.51. The molecule has 3 aromatic rings. The normalized spacial score (nSPS) is 15.5. The van der Waals surface area contributed by atoms with Gasteiger partial charge in [-0.2, -0.15) is 0 Å². The summed E-state index contributed by atoms with van der Waals surface area (Å²) in [6.07, 6.45) is 0. The number of phenolic OH excluding ortho intramolecular Hbond substituents is 1. The molecule has 0 aromatic heterocycles. The first-order valence-corrected chi connectivity index (χ1v) is 10.9. The molecule has 3 N–H and O–H groups in total. The Balaban J connectivity index is 1.53. The van der Waals surface area contributed by atoms with E-state index < -0.39 is 0 Å². The second kappa shape index (κ2) is 9.41. The molecule has 1 atom stereocenters. The second-order valence-corrected chi connectivity index (χ2v) is 8.34. The van der Waals surface area contributed by atoms with Crippen molar-refractivity contribution in [2.24, 2.45) is 0 Å². The average molecular weight is 437 g/mol. The molecule has 0 aliphatic carbocycles. The number of piperazine rings is 1. The molecule has 1 aliphatic heterocycles. The maximum Gasteiger partial charge on any atom is 0.287 e. The highest BCUT2D eigenvalue weighted by Gasteiger charge is 2.34. The van der Waals surface area contributed by atoms with Crippen molar-refractivity contribution in [1.29, 1.82) is 0 Å². The van der Waals surface area contributed by atoms with E-state index in [2.05, 4.69) is 10.2 Å². The van der Waals surface area contributed by atoms with E-state index in [1.807, 2.05) is 67.6 Å². The van der Waals surface area contributed by atoms with Crippen LogP contribution in [-0.4, -0.2) is 37.2 Å². The van der Waals surface area contributed by atoms with Crippen LogP contribution >= 0.6 is 11.6 Å². The van der Waals surface area contributed by atoms with Gasteiger partial charge in [-0.25, -0.2) is 0 Å². The van der Waals surface area contributed by atoms with E-state index in [0.717, 1.165) is 43.0 Å². The number of aromatic hydroxyl groups is 1. The van der Waals surface area contributed by atoms with Gasteiger partial charge in [-0.15, -0.1) is 0 Å². The molecule has 0 saturated carbocycles. The third-order valence-corrected chi connectivity index (χ3v) is 6.28. The van der Waals surface area contributed by atoms with Crippen molar-refractivity contribution in [3.8, 4) is 5.75 Å². The number of hydrogen-bond donors (Lipinski definition) is 3. The molecule has 1 amide bonds. The number of carbonyl (C=O) groups excluding carboxylic acids is 1. The number of hydrogen-bond acceptors (Lipinski definition) is 3. The molecule has 1 saturated heterocycles. The topological polar surface area (TPSA) is 57.0 Å². The summed E-state index contributed by atoms with van der Waals surface area (Å²) >= 11 is 6.25. The fraction of sp³-hybridized carbons (Fsp3) is 0.240. The Labute approximate surface area is 187 Å². The number of para-hydroxylation sites is 2. The number of nitrogens with zero attached hydrogens (tertiary/aromatic N) is 1. The zero-order valence-corrected chi connectivity index (χ0v) is 18.3. The average Bonchev–Trinajstić information content (AvgIpc) is 2.78. The lowest BCUT2D eigenvalue weighted by Crippen LogP contribution is -3.16. The largest absolute Gasteiger partial charge is 0.506 e. The maximum atomic E-state index is 13.4. The molecule has 1 aliphatic rings. The van der Waals surface area contributed by atoms with E-state index in [0.29, 0.717) is 16.5 Å². The van der Waals surface area contributed by atoms with Crippen LogP contribution in [0.1, 0.15) is 17.2 Å². The van der Waals surface area contributed by atoms with Crippen LogP contribution in [0.5, 0.6) is 5.75 Å². The molecular formula is C25H27ClN3O2+. The minimum atomic E-state index is -0.326. The monoisotopic (exact) mass is 436 g/mol. The minimum absolute atomic E-state index is 0.0443. The van der Waals surface area contributed by atoms with Gasteiger partial charge in [0.15, 0.2) is 6.04 Å². The molecule has 160 valence electrons. The molecule has 31 heavy (non-hydrogen) atoms. The van der Waals surface area contributed by atoms with Crippen LogP contribution in [0.3, 0.4) is 0 Å². The lowest BCUT2D eigenvalue weighted by molar-refractivity contribution is -0.922. The number of amides is 1. The zero-order valence-electron chi connectivity index (χ0n) is 17.5. The molecular weight excluding hydrogens is 410 g/mol. The highest BCUT2D eigenvalue weighted by atomic mass is 35.5. The van der Waals surface area contributed by atoms with Crippen molar-refractivity contribution in [2.75, 3.05) is 36.4 Å². The lowest BCUT2D eigenvalue weighted by Gasteiger charge is -2.37. The van der Waals surface area contributed by atoms with E-state index in [1.165, 1.54) is 4.90 Å². The molecule has 3 aromatic carbocycles. The predicted molar refractivity (Wildman–Crippen MR) is 125 cm³/mol. The third-order valence-electron chi connectivity index (χ3n) is 5.87. The standard InChI is InChI=1S/C25H26ClN3O2/c1-18-11-12-20(17-21(18)26)27-25(31)24(19-7-3-2-4-8-19)29-15-13-28(14-16-29)22-9-5-6-10-23(22)30/h2-12,17,24,30H,13-16H2,1H3,(H,27,31)/p+1/t24-/m0/s1. The number of aryl methyl sites for hydroxylation is 1. The zero-order chi connectivity index (χ0) is 21.8. The van der Waals surface area contributed by atoms with Crippen molar-refractivity contribution in [3.63, 3.8) is 0 Å². The smallest absolute Gasteiger partial charge is 0.287 e. The Hall–Kier alpha value is -3.02. The van der Waals surface area contributed by atoms with Gasteiger partial charge in [-0.1, -0.05) is 60.1 Å². The van der Waals surface area contributed by atoms with Crippen LogP contribution in [-0.2, 0) is 4.79 Å². The summed E-state index contributed by atoms with van der Waals surface area (Å²) in [5.74, 6) is 0.247. The summed E-state index contributed by atoms with van der Waals surface area (Å²) in [6, 6.07) is 22.6. The summed E-state index contributed by atoms with van der Waals surface area (Å²) in [7, 11) is 0. The molecule has 5 nitrogen and oxygen atoms in total. The first-order valence-electron chi connectivity index (χ1n) is 10.5. The van der Waals surface area contributed by atoms with Crippen molar-refractivity contribution in [2.45, 2.75) is 13.0 Å². The van der Waals surface area contributed by atoms with E-state index in [-0.39, 0.29) is 11.9 Å². The summed E-state index contributed by atoms with van der Waals surface area (Å²) in [5, 5.41) is 13.9.